The van der Waals surface area contributed by atoms with Crippen molar-refractivity contribution in [2.75, 3.05) is 12.3 Å². The molecule has 1 aromatic carbocycles. The van der Waals surface area contributed by atoms with Crippen molar-refractivity contribution >= 4 is 17.4 Å². The summed E-state index contributed by atoms with van der Waals surface area (Å²) in [6.07, 6.45) is 4.40. The molecule has 1 aromatic heterocycles. The van der Waals surface area contributed by atoms with Gasteiger partial charge in [0.05, 0.1) is 12.3 Å². The zero-order chi connectivity index (χ0) is 12.8. The van der Waals surface area contributed by atoms with Gasteiger partial charge < -0.3 is 10.5 Å². The summed E-state index contributed by atoms with van der Waals surface area (Å²) in [4.78, 5) is 9.35. The SMILES string of the molecule is CCCOc1cc(Sc2ncccn2)ccc1N. The molecule has 2 rings (SSSR count). The Morgan fingerprint density at radius 3 is 2.78 bits per heavy atom. The number of aromatic nitrogens is 2. The predicted molar refractivity (Wildman–Crippen MR) is 72.8 cm³/mol. The Hall–Kier alpha value is -1.75. The van der Waals surface area contributed by atoms with Crippen LogP contribution in [0.1, 0.15) is 13.3 Å². The third-order valence-electron chi connectivity index (χ3n) is 2.20. The zero-order valence-corrected chi connectivity index (χ0v) is 11.0. The lowest BCUT2D eigenvalue weighted by Gasteiger charge is -2.09. The summed E-state index contributed by atoms with van der Waals surface area (Å²) in [7, 11) is 0. The van der Waals surface area contributed by atoms with Crippen molar-refractivity contribution in [3.8, 4) is 5.75 Å². The van der Waals surface area contributed by atoms with Gasteiger partial charge in [-0.3, -0.25) is 0 Å². The van der Waals surface area contributed by atoms with E-state index in [0.29, 0.717) is 17.5 Å². The van der Waals surface area contributed by atoms with Crippen LogP contribution in [0.5, 0.6) is 5.75 Å². The number of benzene rings is 1. The van der Waals surface area contributed by atoms with Gasteiger partial charge in [0, 0.05) is 17.3 Å². The number of hydrogen-bond acceptors (Lipinski definition) is 5. The highest BCUT2D eigenvalue weighted by Crippen LogP contribution is 2.31. The van der Waals surface area contributed by atoms with Crippen LogP contribution in [0.15, 0.2) is 46.7 Å². The first kappa shape index (κ1) is 12.7. The topological polar surface area (TPSA) is 61.0 Å². The summed E-state index contributed by atoms with van der Waals surface area (Å²) >= 11 is 1.49. The fourth-order valence-electron chi connectivity index (χ4n) is 1.36. The maximum Gasteiger partial charge on any atom is 0.192 e. The van der Waals surface area contributed by atoms with E-state index >= 15 is 0 Å². The van der Waals surface area contributed by atoms with E-state index in [1.165, 1.54) is 11.8 Å². The molecule has 2 N–H and O–H groups in total. The summed E-state index contributed by atoms with van der Waals surface area (Å²) in [6.45, 7) is 2.73. The van der Waals surface area contributed by atoms with Crippen molar-refractivity contribution in [2.45, 2.75) is 23.4 Å². The molecule has 5 heteroatoms. The van der Waals surface area contributed by atoms with Crippen LogP contribution in [0, 0.1) is 0 Å². The average Bonchev–Trinajstić information content (AvgIpc) is 2.40. The maximum absolute atomic E-state index is 5.86. The van der Waals surface area contributed by atoms with E-state index in [9.17, 15) is 0 Å². The molecule has 0 aliphatic heterocycles. The Morgan fingerprint density at radius 2 is 2.06 bits per heavy atom. The molecule has 18 heavy (non-hydrogen) atoms. The van der Waals surface area contributed by atoms with Gasteiger partial charge in [0.1, 0.15) is 5.75 Å². The van der Waals surface area contributed by atoms with Crippen LogP contribution in [0.3, 0.4) is 0 Å². The van der Waals surface area contributed by atoms with Gasteiger partial charge in [0.2, 0.25) is 0 Å². The molecule has 0 bridgehead atoms. The molecule has 4 nitrogen and oxygen atoms in total. The quantitative estimate of drug-likeness (QED) is 0.662. The molecule has 0 amide bonds. The van der Waals surface area contributed by atoms with Gasteiger partial charge in [-0.05, 0) is 42.4 Å². The lowest BCUT2D eigenvalue weighted by molar-refractivity contribution is 0.318. The normalized spacial score (nSPS) is 10.3. The highest BCUT2D eigenvalue weighted by molar-refractivity contribution is 7.99. The number of ether oxygens (including phenoxy) is 1. The number of hydrogen-bond donors (Lipinski definition) is 1. The molecule has 0 fully saturated rings. The molecular weight excluding hydrogens is 246 g/mol. The number of nitrogens with two attached hydrogens (primary N) is 1. The van der Waals surface area contributed by atoms with E-state index < -0.39 is 0 Å². The molecule has 1 heterocycles. The molecule has 0 spiro atoms. The van der Waals surface area contributed by atoms with E-state index in [-0.39, 0.29) is 0 Å². The van der Waals surface area contributed by atoms with Gasteiger partial charge in [-0.1, -0.05) is 6.92 Å². The van der Waals surface area contributed by atoms with E-state index in [1.807, 2.05) is 18.2 Å². The molecule has 94 valence electrons. The molecule has 0 aliphatic rings. The Morgan fingerprint density at radius 1 is 1.28 bits per heavy atom. The molecule has 2 aromatic rings. The highest BCUT2D eigenvalue weighted by Gasteiger charge is 2.05. The van der Waals surface area contributed by atoms with Gasteiger partial charge >= 0.3 is 0 Å². The van der Waals surface area contributed by atoms with Crippen LogP contribution >= 0.6 is 11.8 Å². The first-order valence-corrected chi connectivity index (χ1v) is 6.58. The van der Waals surface area contributed by atoms with Crippen molar-refractivity contribution < 1.29 is 4.74 Å². The summed E-state index contributed by atoms with van der Waals surface area (Å²) in [6, 6.07) is 7.50. The van der Waals surface area contributed by atoms with Crippen LogP contribution in [0.2, 0.25) is 0 Å². The third kappa shape index (κ3) is 3.37. The van der Waals surface area contributed by atoms with Gasteiger partial charge in [0.15, 0.2) is 5.16 Å². The van der Waals surface area contributed by atoms with E-state index in [4.69, 9.17) is 10.5 Å². The smallest absolute Gasteiger partial charge is 0.192 e. The molecule has 0 unspecified atom stereocenters. The second-order valence-electron chi connectivity index (χ2n) is 3.68. The third-order valence-corrected chi connectivity index (χ3v) is 3.08. The minimum Gasteiger partial charge on any atom is -0.491 e. The van der Waals surface area contributed by atoms with E-state index in [1.54, 1.807) is 18.5 Å². The lowest BCUT2D eigenvalue weighted by atomic mass is 10.3. The standard InChI is InChI=1S/C13H15N3OS/c1-2-8-17-12-9-10(4-5-11(12)14)18-13-15-6-3-7-16-13/h3-7,9H,2,8,14H2,1H3. The number of nitrogen functional groups attached to an aromatic ring is 1. The predicted octanol–water partition coefficient (Wildman–Crippen LogP) is 3.00. The zero-order valence-electron chi connectivity index (χ0n) is 10.2. The minimum absolute atomic E-state index is 0.654. The minimum atomic E-state index is 0.654. The number of nitrogens with zero attached hydrogens (tertiary/aromatic N) is 2. The molecular formula is C13H15N3OS. The molecule has 0 radical (unpaired) electrons. The lowest BCUT2D eigenvalue weighted by Crippen LogP contribution is -1.99. The first-order chi connectivity index (χ1) is 8.79. The van der Waals surface area contributed by atoms with Crippen molar-refractivity contribution in [2.24, 2.45) is 0 Å². The Labute approximate surface area is 111 Å². The molecule has 0 saturated heterocycles. The van der Waals surface area contributed by atoms with Crippen LogP contribution in [-0.4, -0.2) is 16.6 Å². The average molecular weight is 261 g/mol. The largest absolute Gasteiger partial charge is 0.491 e. The van der Waals surface area contributed by atoms with E-state index in [2.05, 4.69) is 16.9 Å². The van der Waals surface area contributed by atoms with Crippen molar-refractivity contribution in [3.05, 3.63) is 36.7 Å². The van der Waals surface area contributed by atoms with Crippen molar-refractivity contribution in [1.29, 1.82) is 0 Å². The van der Waals surface area contributed by atoms with Crippen LogP contribution in [-0.2, 0) is 0 Å². The van der Waals surface area contributed by atoms with Gasteiger partial charge in [-0.15, -0.1) is 0 Å². The van der Waals surface area contributed by atoms with Crippen LogP contribution in [0.4, 0.5) is 5.69 Å². The summed E-state index contributed by atoms with van der Waals surface area (Å²) in [5, 5.41) is 0.712. The number of rotatable bonds is 5. The second-order valence-corrected chi connectivity index (χ2v) is 4.72. The van der Waals surface area contributed by atoms with Gasteiger partial charge in [0.25, 0.3) is 0 Å². The summed E-state index contributed by atoms with van der Waals surface area (Å²) < 4.78 is 5.59. The van der Waals surface area contributed by atoms with Gasteiger partial charge in [-0.2, -0.15) is 0 Å². The first-order valence-electron chi connectivity index (χ1n) is 5.77. The molecule has 0 atom stereocenters. The van der Waals surface area contributed by atoms with Crippen LogP contribution < -0.4 is 10.5 Å². The van der Waals surface area contributed by atoms with Gasteiger partial charge in [-0.25, -0.2) is 9.97 Å². The fourth-order valence-corrected chi connectivity index (χ4v) is 2.10. The Balaban J connectivity index is 2.14. The summed E-state index contributed by atoms with van der Waals surface area (Å²) in [5.41, 5.74) is 6.51. The van der Waals surface area contributed by atoms with Crippen molar-refractivity contribution in [3.63, 3.8) is 0 Å². The summed E-state index contributed by atoms with van der Waals surface area (Å²) in [5.74, 6) is 0.720. The Kier molecular flexibility index (Phi) is 4.41. The number of anilines is 1. The van der Waals surface area contributed by atoms with Crippen LogP contribution in [0.25, 0.3) is 0 Å². The maximum atomic E-state index is 5.86. The molecule has 0 aliphatic carbocycles. The highest BCUT2D eigenvalue weighted by atomic mass is 32.2. The van der Waals surface area contributed by atoms with E-state index in [0.717, 1.165) is 17.1 Å². The Bertz CT molecular complexity index is 505. The molecule has 0 saturated carbocycles. The fraction of sp³-hybridized carbons (Fsp3) is 0.231. The second kappa shape index (κ2) is 6.26. The van der Waals surface area contributed by atoms with Crippen molar-refractivity contribution in [1.82, 2.24) is 9.97 Å². The monoisotopic (exact) mass is 261 g/mol.